The Bertz CT molecular complexity index is 536. The molecular formula is C14H21N5O2. The maximum atomic E-state index is 11.5. The van der Waals surface area contributed by atoms with Gasteiger partial charge in [-0.2, -0.15) is 4.98 Å². The highest BCUT2D eigenvalue weighted by Crippen LogP contribution is 2.33. The first-order chi connectivity index (χ1) is 10.2. The molecule has 1 aromatic rings. The second-order valence-corrected chi connectivity index (χ2v) is 5.56. The number of hydrogen-bond donors (Lipinski definition) is 2. The zero-order valence-electron chi connectivity index (χ0n) is 12.2. The van der Waals surface area contributed by atoms with Crippen LogP contribution in [0.4, 0.5) is 11.5 Å². The molecule has 21 heavy (non-hydrogen) atoms. The maximum absolute atomic E-state index is 11.5. The van der Waals surface area contributed by atoms with E-state index in [1.54, 1.807) is 0 Å². The zero-order chi connectivity index (χ0) is 14.8. The third-order valence-electron chi connectivity index (χ3n) is 4.23. The van der Waals surface area contributed by atoms with E-state index >= 15 is 0 Å². The third-order valence-corrected chi connectivity index (χ3v) is 4.23. The Morgan fingerprint density at radius 3 is 3.14 bits per heavy atom. The molecule has 2 atom stereocenters. The molecule has 2 saturated heterocycles. The molecule has 0 aliphatic carbocycles. The van der Waals surface area contributed by atoms with Crippen molar-refractivity contribution in [2.75, 3.05) is 30.3 Å². The average Bonchev–Trinajstić information content (AvgIpc) is 2.49. The summed E-state index contributed by atoms with van der Waals surface area (Å²) in [6.07, 6.45) is 3.95. The Morgan fingerprint density at radius 1 is 1.48 bits per heavy atom. The standard InChI is InChI=1S/C14H21N5O2/c1-2-21-14-12(15)13(16-8-17-14)19-6-5-10-9(7-19)3-4-11(20)18-10/h8-10H,2-7,15H2,1H3,(H,18,20). The number of nitrogens with zero attached hydrogens (tertiary/aromatic N) is 3. The topological polar surface area (TPSA) is 93.4 Å². The molecule has 1 amide bonds. The van der Waals surface area contributed by atoms with Gasteiger partial charge in [0.05, 0.1) is 6.61 Å². The molecular weight excluding hydrogens is 270 g/mol. The van der Waals surface area contributed by atoms with E-state index in [1.165, 1.54) is 6.33 Å². The molecule has 1 aromatic heterocycles. The fourth-order valence-electron chi connectivity index (χ4n) is 3.18. The Kier molecular flexibility index (Phi) is 3.81. The van der Waals surface area contributed by atoms with Crippen molar-refractivity contribution >= 4 is 17.4 Å². The van der Waals surface area contributed by atoms with Crippen LogP contribution in [0.3, 0.4) is 0 Å². The largest absolute Gasteiger partial charge is 0.476 e. The normalized spacial score (nSPS) is 25.2. The van der Waals surface area contributed by atoms with E-state index in [0.29, 0.717) is 30.5 Å². The molecule has 2 aliphatic rings. The number of nitrogens with two attached hydrogens (primary N) is 1. The maximum Gasteiger partial charge on any atom is 0.242 e. The highest BCUT2D eigenvalue weighted by molar-refractivity contribution is 5.77. The van der Waals surface area contributed by atoms with E-state index in [1.807, 2.05) is 6.92 Å². The highest BCUT2D eigenvalue weighted by Gasteiger charge is 2.34. The molecule has 3 rings (SSSR count). The molecule has 0 spiro atoms. The van der Waals surface area contributed by atoms with Crippen molar-refractivity contribution < 1.29 is 9.53 Å². The van der Waals surface area contributed by atoms with Crippen LogP contribution in [-0.2, 0) is 4.79 Å². The van der Waals surface area contributed by atoms with Crippen LogP contribution < -0.4 is 20.7 Å². The molecule has 0 saturated carbocycles. The second kappa shape index (κ2) is 5.75. The number of fused-ring (bicyclic) bond motifs is 1. The summed E-state index contributed by atoms with van der Waals surface area (Å²) in [5.74, 6) is 1.82. The molecule has 0 aromatic carbocycles. The predicted octanol–water partition coefficient (Wildman–Crippen LogP) is 0.562. The lowest BCUT2D eigenvalue weighted by Gasteiger charge is -2.42. The van der Waals surface area contributed by atoms with Gasteiger partial charge in [-0.05, 0) is 25.7 Å². The minimum Gasteiger partial charge on any atom is -0.476 e. The molecule has 7 heteroatoms. The molecule has 7 nitrogen and oxygen atoms in total. The first-order valence-electron chi connectivity index (χ1n) is 7.46. The van der Waals surface area contributed by atoms with E-state index in [9.17, 15) is 4.79 Å². The van der Waals surface area contributed by atoms with Crippen molar-refractivity contribution in [3.05, 3.63) is 6.33 Å². The fraction of sp³-hybridized carbons (Fsp3) is 0.643. The quantitative estimate of drug-likeness (QED) is 0.845. The lowest BCUT2D eigenvalue weighted by atomic mass is 9.85. The first-order valence-corrected chi connectivity index (χ1v) is 7.46. The van der Waals surface area contributed by atoms with Gasteiger partial charge in [-0.3, -0.25) is 4.79 Å². The van der Waals surface area contributed by atoms with Gasteiger partial charge in [0, 0.05) is 25.6 Å². The number of nitrogen functional groups attached to an aromatic ring is 1. The van der Waals surface area contributed by atoms with Gasteiger partial charge in [0.2, 0.25) is 11.8 Å². The predicted molar refractivity (Wildman–Crippen MR) is 79.1 cm³/mol. The van der Waals surface area contributed by atoms with Gasteiger partial charge in [0.1, 0.15) is 12.0 Å². The van der Waals surface area contributed by atoms with E-state index in [2.05, 4.69) is 20.2 Å². The lowest BCUT2D eigenvalue weighted by molar-refractivity contribution is -0.124. The Hall–Kier alpha value is -2.05. The molecule has 0 radical (unpaired) electrons. The lowest BCUT2D eigenvalue weighted by Crippen LogP contribution is -2.54. The summed E-state index contributed by atoms with van der Waals surface area (Å²) in [6, 6.07) is 0.289. The number of hydrogen-bond acceptors (Lipinski definition) is 6. The van der Waals surface area contributed by atoms with Crippen LogP contribution >= 0.6 is 0 Å². The van der Waals surface area contributed by atoms with Gasteiger partial charge in [-0.25, -0.2) is 4.98 Å². The fourth-order valence-corrected chi connectivity index (χ4v) is 3.18. The molecule has 2 unspecified atom stereocenters. The highest BCUT2D eigenvalue weighted by atomic mass is 16.5. The van der Waals surface area contributed by atoms with Crippen LogP contribution in [0.5, 0.6) is 5.88 Å². The van der Waals surface area contributed by atoms with E-state index in [-0.39, 0.29) is 11.9 Å². The van der Waals surface area contributed by atoms with Gasteiger partial charge in [-0.15, -0.1) is 0 Å². The summed E-state index contributed by atoms with van der Waals surface area (Å²) >= 11 is 0. The number of piperidine rings is 2. The SMILES string of the molecule is CCOc1ncnc(N2CCC3NC(=O)CCC3C2)c1N. The van der Waals surface area contributed by atoms with Crippen LogP contribution in [0, 0.1) is 5.92 Å². The summed E-state index contributed by atoms with van der Waals surface area (Å²) in [5, 5.41) is 3.08. The molecule has 0 bridgehead atoms. The van der Waals surface area contributed by atoms with Crippen molar-refractivity contribution in [2.45, 2.75) is 32.2 Å². The summed E-state index contributed by atoms with van der Waals surface area (Å²) in [5.41, 5.74) is 6.63. The van der Waals surface area contributed by atoms with E-state index in [0.717, 1.165) is 31.7 Å². The van der Waals surface area contributed by atoms with E-state index in [4.69, 9.17) is 10.5 Å². The molecule has 2 fully saturated rings. The number of nitrogens with one attached hydrogen (secondary N) is 1. The van der Waals surface area contributed by atoms with Crippen molar-refractivity contribution in [3.63, 3.8) is 0 Å². The number of carbonyl (C=O) groups excluding carboxylic acids is 1. The minimum absolute atomic E-state index is 0.171. The zero-order valence-corrected chi connectivity index (χ0v) is 12.2. The second-order valence-electron chi connectivity index (χ2n) is 5.56. The number of ether oxygens (including phenoxy) is 1. The monoisotopic (exact) mass is 291 g/mol. The number of amides is 1. The molecule has 3 heterocycles. The van der Waals surface area contributed by atoms with Crippen LogP contribution in [0.15, 0.2) is 6.33 Å². The van der Waals surface area contributed by atoms with Crippen LogP contribution in [0.2, 0.25) is 0 Å². The summed E-state index contributed by atoms with van der Waals surface area (Å²) in [4.78, 5) is 22.0. The minimum atomic E-state index is 0.171. The van der Waals surface area contributed by atoms with Crippen LogP contribution in [0.1, 0.15) is 26.2 Å². The van der Waals surface area contributed by atoms with Crippen LogP contribution in [0.25, 0.3) is 0 Å². The number of aromatic nitrogens is 2. The molecule has 3 N–H and O–H groups in total. The Labute approximate surface area is 123 Å². The van der Waals surface area contributed by atoms with Crippen molar-refractivity contribution in [2.24, 2.45) is 5.92 Å². The average molecular weight is 291 g/mol. The third kappa shape index (κ3) is 2.72. The summed E-state index contributed by atoms with van der Waals surface area (Å²) in [6.45, 7) is 4.11. The molecule has 2 aliphatic heterocycles. The smallest absolute Gasteiger partial charge is 0.242 e. The van der Waals surface area contributed by atoms with Crippen molar-refractivity contribution in [3.8, 4) is 5.88 Å². The summed E-state index contributed by atoms with van der Waals surface area (Å²) in [7, 11) is 0. The van der Waals surface area contributed by atoms with Crippen LogP contribution in [-0.4, -0.2) is 41.6 Å². The molecule has 114 valence electrons. The van der Waals surface area contributed by atoms with Gasteiger partial charge < -0.3 is 20.7 Å². The van der Waals surface area contributed by atoms with Gasteiger partial charge >= 0.3 is 0 Å². The van der Waals surface area contributed by atoms with Gasteiger partial charge in [0.15, 0.2) is 5.82 Å². The van der Waals surface area contributed by atoms with E-state index < -0.39 is 0 Å². The number of carbonyl (C=O) groups is 1. The first kappa shape index (κ1) is 13.9. The number of anilines is 2. The van der Waals surface area contributed by atoms with Gasteiger partial charge in [-0.1, -0.05) is 0 Å². The summed E-state index contributed by atoms with van der Waals surface area (Å²) < 4.78 is 5.43. The Morgan fingerprint density at radius 2 is 2.33 bits per heavy atom. The van der Waals surface area contributed by atoms with Crippen molar-refractivity contribution in [1.82, 2.24) is 15.3 Å². The number of rotatable bonds is 3. The Balaban J connectivity index is 1.76. The van der Waals surface area contributed by atoms with Crippen molar-refractivity contribution in [1.29, 1.82) is 0 Å². The van der Waals surface area contributed by atoms with Gasteiger partial charge in [0.25, 0.3) is 0 Å².